The van der Waals surface area contributed by atoms with Crippen LogP contribution in [0.4, 0.5) is 17.6 Å². The van der Waals surface area contributed by atoms with Crippen LogP contribution < -0.4 is 5.46 Å². The van der Waals surface area contributed by atoms with Crippen molar-refractivity contribution in [2.45, 2.75) is 6.92 Å². The molecule has 0 aliphatic carbocycles. The number of halogens is 4. The molecule has 2 aromatic rings. The SMILES string of the molecule is [B]c1c(-c2c(F)cc(C)cc2F)cc(F)c(C#N)c1F. The highest BCUT2D eigenvalue weighted by Gasteiger charge is 2.20. The fourth-order valence-electron chi connectivity index (χ4n) is 1.90. The lowest BCUT2D eigenvalue weighted by Crippen LogP contribution is -2.17. The summed E-state index contributed by atoms with van der Waals surface area (Å²) in [5.74, 6) is -4.54. The first-order valence-electron chi connectivity index (χ1n) is 5.50. The van der Waals surface area contributed by atoms with Crippen molar-refractivity contribution in [2.24, 2.45) is 0 Å². The average molecular weight is 275 g/mol. The van der Waals surface area contributed by atoms with Gasteiger partial charge < -0.3 is 0 Å². The number of benzene rings is 2. The first-order chi connectivity index (χ1) is 9.36. The van der Waals surface area contributed by atoms with Gasteiger partial charge in [-0.1, -0.05) is 5.46 Å². The highest BCUT2D eigenvalue weighted by Crippen LogP contribution is 2.28. The molecule has 20 heavy (non-hydrogen) atoms. The van der Waals surface area contributed by atoms with Crippen molar-refractivity contribution in [3.63, 3.8) is 0 Å². The molecule has 0 fully saturated rings. The molecule has 0 saturated carbocycles. The molecule has 98 valence electrons. The first-order valence-corrected chi connectivity index (χ1v) is 5.50. The molecule has 0 N–H and O–H groups in total. The van der Waals surface area contributed by atoms with Crippen molar-refractivity contribution in [2.75, 3.05) is 0 Å². The molecule has 0 spiro atoms. The van der Waals surface area contributed by atoms with E-state index in [4.69, 9.17) is 13.1 Å². The fraction of sp³-hybridized carbons (Fsp3) is 0.0714. The zero-order chi connectivity index (χ0) is 15.0. The molecule has 0 saturated heterocycles. The Hall–Kier alpha value is -2.29. The minimum Gasteiger partial charge on any atom is -0.206 e. The van der Waals surface area contributed by atoms with Crippen LogP contribution >= 0.6 is 0 Å². The monoisotopic (exact) mass is 275 g/mol. The Kier molecular flexibility index (Phi) is 3.54. The molecule has 1 nitrogen and oxygen atoms in total. The van der Waals surface area contributed by atoms with Crippen molar-refractivity contribution in [1.82, 2.24) is 0 Å². The Morgan fingerprint density at radius 2 is 1.55 bits per heavy atom. The number of hydrogen-bond acceptors (Lipinski definition) is 1. The highest BCUT2D eigenvalue weighted by molar-refractivity contribution is 6.36. The van der Waals surface area contributed by atoms with Crippen molar-refractivity contribution in [1.29, 1.82) is 5.26 Å². The van der Waals surface area contributed by atoms with Gasteiger partial charge in [-0.05, 0) is 36.2 Å². The van der Waals surface area contributed by atoms with E-state index in [0.29, 0.717) is 11.6 Å². The van der Waals surface area contributed by atoms with Crippen LogP contribution in [-0.2, 0) is 0 Å². The molecular weight excluding hydrogens is 269 g/mol. The predicted octanol–water partition coefficient (Wildman–Crippen LogP) is 2.88. The van der Waals surface area contributed by atoms with E-state index in [0.717, 1.165) is 12.1 Å². The quantitative estimate of drug-likeness (QED) is 0.580. The van der Waals surface area contributed by atoms with Gasteiger partial charge in [0.05, 0.1) is 5.56 Å². The summed E-state index contributed by atoms with van der Waals surface area (Å²) in [6.45, 7) is 1.47. The van der Waals surface area contributed by atoms with Crippen LogP contribution in [0.1, 0.15) is 11.1 Å². The van der Waals surface area contributed by atoms with Crippen LogP contribution in [0.15, 0.2) is 18.2 Å². The number of rotatable bonds is 1. The van der Waals surface area contributed by atoms with Gasteiger partial charge >= 0.3 is 0 Å². The van der Waals surface area contributed by atoms with Gasteiger partial charge in [-0.15, -0.1) is 0 Å². The number of hydrogen-bond donors (Lipinski definition) is 0. The van der Waals surface area contributed by atoms with Crippen LogP contribution in [0, 0.1) is 41.5 Å². The van der Waals surface area contributed by atoms with Crippen LogP contribution in [0.5, 0.6) is 0 Å². The Morgan fingerprint density at radius 3 is 2.05 bits per heavy atom. The summed E-state index contributed by atoms with van der Waals surface area (Å²) in [4.78, 5) is 0. The zero-order valence-electron chi connectivity index (χ0n) is 10.3. The van der Waals surface area contributed by atoms with E-state index in [2.05, 4.69) is 0 Å². The predicted molar refractivity (Wildman–Crippen MR) is 66.5 cm³/mol. The molecule has 0 aliphatic rings. The lowest BCUT2D eigenvalue weighted by atomic mass is 9.84. The van der Waals surface area contributed by atoms with Crippen LogP contribution in [0.25, 0.3) is 11.1 Å². The van der Waals surface area contributed by atoms with E-state index >= 15 is 0 Å². The van der Waals surface area contributed by atoms with Crippen LogP contribution in [-0.4, -0.2) is 7.85 Å². The molecular formula is C14H6BF4N. The third-order valence-electron chi connectivity index (χ3n) is 2.82. The van der Waals surface area contributed by atoms with Crippen molar-refractivity contribution in [3.05, 3.63) is 52.6 Å². The molecule has 0 aliphatic heterocycles. The molecule has 0 aromatic heterocycles. The van der Waals surface area contributed by atoms with Crippen molar-refractivity contribution in [3.8, 4) is 17.2 Å². The number of nitrogens with zero attached hydrogens (tertiary/aromatic N) is 1. The van der Waals surface area contributed by atoms with Gasteiger partial charge in [0, 0.05) is 0 Å². The Balaban J connectivity index is 2.82. The molecule has 0 bridgehead atoms. The molecule has 6 heteroatoms. The van der Waals surface area contributed by atoms with E-state index < -0.39 is 45.4 Å². The van der Waals surface area contributed by atoms with Gasteiger partial charge in [0.15, 0.2) is 0 Å². The zero-order valence-corrected chi connectivity index (χ0v) is 10.3. The smallest absolute Gasteiger partial charge is 0.144 e. The minimum atomic E-state index is -1.33. The summed E-state index contributed by atoms with van der Waals surface area (Å²) >= 11 is 0. The lowest BCUT2D eigenvalue weighted by molar-refractivity contribution is 0.577. The molecule has 2 rings (SSSR count). The third-order valence-corrected chi connectivity index (χ3v) is 2.82. The molecule has 0 amide bonds. The summed E-state index contributed by atoms with van der Waals surface area (Å²) in [5.41, 5.74) is -2.34. The maximum atomic E-state index is 13.8. The standard InChI is InChI=1S/C14H6BF4N/c1-6-2-10(17)12(11(18)3-6)7-4-9(16)8(5-20)14(19)13(7)15/h2-4H,1H3. The van der Waals surface area contributed by atoms with Crippen molar-refractivity contribution < 1.29 is 17.6 Å². The average Bonchev–Trinajstić information content (AvgIpc) is 2.34. The number of aryl methyl sites for hydroxylation is 1. The van der Waals surface area contributed by atoms with Gasteiger partial charge in [0.2, 0.25) is 0 Å². The Labute approximate surface area is 113 Å². The summed E-state index contributed by atoms with van der Waals surface area (Å²) in [5, 5.41) is 8.60. The van der Waals surface area contributed by atoms with E-state index in [9.17, 15) is 17.6 Å². The first kappa shape index (κ1) is 14.1. The largest absolute Gasteiger partial charge is 0.206 e. The normalized spacial score (nSPS) is 10.4. The topological polar surface area (TPSA) is 23.8 Å². The second-order valence-corrected chi connectivity index (χ2v) is 4.22. The fourth-order valence-corrected chi connectivity index (χ4v) is 1.90. The maximum Gasteiger partial charge on any atom is 0.144 e. The molecule has 0 unspecified atom stereocenters. The maximum absolute atomic E-state index is 13.8. The van der Waals surface area contributed by atoms with Crippen LogP contribution in [0.3, 0.4) is 0 Å². The molecule has 2 radical (unpaired) electrons. The Morgan fingerprint density at radius 1 is 1.00 bits per heavy atom. The van der Waals surface area contributed by atoms with Crippen molar-refractivity contribution >= 4 is 13.3 Å². The Bertz CT molecular complexity index is 727. The van der Waals surface area contributed by atoms with Gasteiger partial charge in [-0.2, -0.15) is 5.26 Å². The van der Waals surface area contributed by atoms with Gasteiger partial charge in [-0.3, -0.25) is 0 Å². The lowest BCUT2D eigenvalue weighted by Gasteiger charge is -2.12. The second kappa shape index (κ2) is 5.01. The summed E-state index contributed by atoms with van der Waals surface area (Å²) < 4.78 is 54.9. The van der Waals surface area contributed by atoms with E-state index in [-0.39, 0.29) is 0 Å². The van der Waals surface area contributed by atoms with Gasteiger partial charge in [-0.25, -0.2) is 17.6 Å². The summed E-state index contributed by atoms with van der Waals surface area (Å²) in [6.07, 6.45) is 0. The van der Waals surface area contributed by atoms with Gasteiger partial charge in [0.1, 0.15) is 42.7 Å². The highest BCUT2D eigenvalue weighted by atomic mass is 19.1. The van der Waals surface area contributed by atoms with E-state index in [1.807, 2.05) is 0 Å². The molecule has 2 aromatic carbocycles. The van der Waals surface area contributed by atoms with Gasteiger partial charge in [0.25, 0.3) is 0 Å². The summed E-state index contributed by atoms with van der Waals surface area (Å²) in [6, 6.07) is 3.99. The van der Waals surface area contributed by atoms with E-state index in [1.165, 1.54) is 13.0 Å². The van der Waals surface area contributed by atoms with Crippen LogP contribution in [0.2, 0.25) is 0 Å². The second-order valence-electron chi connectivity index (χ2n) is 4.22. The summed E-state index contributed by atoms with van der Waals surface area (Å²) in [7, 11) is 5.41. The third kappa shape index (κ3) is 2.16. The minimum absolute atomic E-state index is 0.317. The van der Waals surface area contributed by atoms with E-state index in [1.54, 1.807) is 0 Å². The molecule has 0 heterocycles. The number of nitriles is 1. The molecule has 0 atom stereocenters.